The standard InChI is InChI=1S/C22H23Cl2N7O10P2S2/c23-8-1-10-11(2-9(8)24)30(6-28-10)21-17-15(32)12(38-21)3-36-43(35,45)41-18-16(33)13(4-37-42(34,44)40-17)39-22(18)31-7-29-14-19(25)26-5-27-20(14)31/h1-2,5-7,12-13,15-18,21-22,32-33H,3-4H2,(H,34,44)(H,35,45)(H2,25,26,27)/t12-,13-,15?,16?,17?,18?,21-,22-,42?,43?/m1/s1. The fourth-order valence-electron chi connectivity index (χ4n) is 5.37. The molecule has 7 rings (SSSR count). The quantitative estimate of drug-likeness (QED) is 0.147. The first kappa shape index (κ1) is 32.1. The average Bonchev–Trinajstić information content (AvgIpc) is 3.73. The number of nitrogens with zero attached hydrogens (tertiary/aromatic N) is 6. The maximum atomic E-state index is 13.5. The van der Waals surface area contributed by atoms with Gasteiger partial charge in [0.2, 0.25) is 0 Å². The van der Waals surface area contributed by atoms with Crippen LogP contribution < -0.4 is 5.73 Å². The molecule has 0 saturated carbocycles. The highest BCUT2D eigenvalue weighted by Gasteiger charge is 2.52. The molecule has 6 heterocycles. The van der Waals surface area contributed by atoms with Crippen molar-refractivity contribution in [1.82, 2.24) is 29.1 Å². The largest absolute Gasteiger partial charge is 0.387 e. The molecule has 3 aliphatic heterocycles. The van der Waals surface area contributed by atoms with Crippen molar-refractivity contribution in [3.05, 3.63) is 41.2 Å². The first-order valence-electron chi connectivity index (χ1n) is 13.0. The number of benzene rings is 1. The molecule has 0 spiro atoms. The second-order valence-corrected chi connectivity index (χ2v) is 16.8. The Labute approximate surface area is 273 Å². The summed E-state index contributed by atoms with van der Waals surface area (Å²) in [7, 11) is 0. The number of hydrogen-bond donors (Lipinski definition) is 5. The van der Waals surface area contributed by atoms with E-state index in [1.807, 2.05) is 0 Å². The van der Waals surface area contributed by atoms with E-state index in [1.165, 1.54) is 28.1 Å². The van der Waals surface area contributed by atoms with Gasteiger partial charge in [0, 0.05) is 0 Å². The number of nitrogens with two attached hydrogens (primary N) is 1. The average molecular weight is 742 g/mol. The van der Waals surface area contributed by atoms with Crippen LogP contribution in [0.25, 0.3) is 22.2 Å². The van der Waals surface area contributed by atoms with Gasteiger partial charge in [-0.05, 0) is 23.9 Å². The monoisotopic (exact) mass is 741 g/mol. The number of rotatable bonds is 2. The lowest BCUT2D eigenvalue weighted by Gasteiger charge is -2.27. The number of anilines is 1. The zero-order chi connectivity index (χ0) is 31.8. The summed E-state index contributed by atoms with van der Waals surface area (Å²) >= 11 is 21.8. The van der Waals surface area contributed by atoms with Crippen molar-refractivity contribution in [3.63, 3.8) is 0 Å². The van der Waals surface area contributed by atoms with E-state index in [2.05, 4.69) is 32.2 Å². The Bertz CT molecular complexity index is 1890. The van der Waals surface area contributed by atoms with Crippen LogP contribution in [0.3, 0.4) is 0 Å². The first-order valence-corrected chi connectivity index (χ1v) is 19.1. The van der Waals surface area contributed by atoms with Crippen molar-refractivity contribution in [3.8, 4) is 0 Å². The maximum absolute atomic E-state index is 13.5. The van der Waals surface area contributed by atoms with Crippen LogP contribution in [0.4, 0.5) is 5.82 Å². The molecule has 1 aromatic carbocycles. The smallest absolute Gasteiger partial charge is 0.386 e. The van der Waals surface area contributed by atoms with Crippen molar-refractivity contribution >= 4 is 88.8 Å². The van der Waals surface area contributed by atoms with Gasteiger partial charge in [-0.25, -0.2) is 24.5 Å². The Morgan fingerprint density at radius 2 is 1.56 bits per heavy atom. The fourth-order valence-corrected chi connectivity index (χ4v) is 8.56. The van der Waals surface area contributed by atoms with E-state index in [0.717, 1.165) is 0 Å². The molecule has 6 unspecified atom stereocenters. The molecule has 23 heteroatoms. The lowest BCUT2D eigenvalue weighted by atomic mass is 10.1. The van der Waals surface area contributed by atoms with Crippen molar-refractivity contribution in [1.29, 1.82) is 0 Å². The molecule has 3 saturated heterocycles. The molecule has 5 N–H and O–H groups in total. The number of imidazole rings is 2. The molecule has 17 nitrogen and oxygen atoms in total. The molecule has 4 aromatic rings. The highest BCUT2D eigenvalue weighted by atomic mass is 35.5. The highest BCUT2D eigenvalue weighted by Crippen LogP contribution is 2.58. The number of halogens is 2. The number of nitrogen functional groups attached to an aromatic ring is 1. The van der Waals surface area contributed by atoms with Crippen LogP contribution in [0, 0.1) is 0 Å². The molecule has 242 valence electrons. The van der Waals surface area contributed by atoms with Crippen LogP contribution >= 0.6 is 49.0 Å². The summed E-state index contributed by atoms with van der Waals surface area (Å²) in [6.45, 7) is -9.49. The fraction of sp³-hybridized carbons (Fsp3) is 0.455. The number of aromatic nitrogens is 6. The lowest BCUT2D eigenvalue weighted by Crippen LogP contribution is -2.37. The highest BCUT2D eigenvalue weighted by molar-refractivity contribution is 8.44. The SMILES string of the molecule is Nc1ncnc2c1ncn2[C@@H]1O[C@@H]2COP(O)(=S)OC3C(O)[C@@H](COP(=O)(S)OC1C2O)O[C@H]3n1cnc2cc(Cl)c(Cl)cc21. The Hall–Kier alpha value is -1.51. The van der Waals surface area contributed by atoms with Gasteiger partial charge in [-0.15, -0.1) is 0 Å². The van der Waals surface area contributed by atoms with Gasteiger partial charge in [-0.2, -0.15) is 0 Å². The Kier molecular flexibility index (Phi) is 8.46. The van der Waals surface area contributed by atoms with Gasteiger partial charge < -0.3 is 39.4 Å². The third-order valence-electron chi connectivity index (χ3n) is 7.49. The number of aliphatic hydroxyl groups is 2. The number of aliphatic hydroxyl groups excluding tert-OH is 2. The lowest BCUT2D eigenvalue weighted by molar-refractivity contribution is -0.0599. The number of hydrogen-bond acceptors (Lipinski definition) is 15. The molecule has 4 bridgehead atoms. The molecular weight excluding hydrogens is 719 g/mol. The minimum absolute atomic E-state index is 0.0943. The van der Waals surface area contributed by atoms with E-state index >= 15 is 0 Å². The summed E-state index contributed by atoms with van der Waals surface area (Å²) in [6.07, 6.45) is -6.54. The van der Waals surface area contributed by atoms with Crippen molar-refractivity contribution in [2.75, 3.05) is 18.9 Å². The molecule has 10 atom stereocenters. The molecule has 0 aliphatic carbocycles. The minimum Gasteiger partial charge on any atom is -0.387 e. The van der Waals surface area contributed by atoms with E-state index in [0.29, 0.717) is 11.0 Å². The number of fused-ring (bicyclic) bond motifs is 6. The van der Waals surface area contributed by atoms with Crippen molar-refractivity contribution in [2.24, 2.45) is 0 Å². The van der Waals surface area contributed by atoms with Crippen LogP contribution in [0.1, 0.15) is 12.5 Å². The molecule has 3 aliphatic rings. The molecule has 3 fully saturated rings. The second-order valence-electron chi connectivity index (χ2n) is 10.3. The summed E-state index contributed by atoms with van der Waals surface area (Å²) in [5.41, 5.74) is 7.30. The van der Waals surface area contributed by atoms with E-state index < -0.39 is 75.8 Å². The van der Waals surface area contributed by atoms with Crippen LogP contribution in [-0.4, -0.2) is 94.0 Å². The van der Waals surface area contributed by atoms with Crippen LogP contribution in [0.15, 0.2) is 31.1 Å². The predicted octanol–water partition coefficient (Wildman–Crippen LogP) is 2.35. The summed E-state index contributed by atoms with van der Waals surface area (Å²) in [4.78, 5) is 27.7. The Morgan fingerprint density at radius 1 is 0.933 bits per heavy atom. The normalized spacial score (nSPS) is 37.7. The van der Waals surface area contributed by atoms with Crippen LogP contribution in [0.2, 0.25) is 10.0 Å². The van der Waals surface area contributed by atoms with Crippen molar-refractivity contribution < 1.29 is 47.2 Å². The summed E-state index contributed by atoms with van der Waals surface area (Å²) in [5.74, 6) is 0.0943. The van der Waals surface area contributed by atoms with Gasteiger partial charge in [0.05, 0.1) is 46.9 Å². The Balaban J connectivity index is 1.22. The summed E-state index contributed by atoms with van der Waals surface area (Å²) in [6, 6.07) is 3.09. The van der Waals surface area contributed by atoms with Gasteiger partial charge in [0.15, 0.2) is 23.9 Å². The zero-order valence-corrected chi connectivity index (χ0v) is 27.4. The van der Waals surface area contributed by atoms with Crippen LogP contribution in [0.5, 0.6) is 0 Å². The van der Waals surface area contributed by atoms with Crippen LogP contribution in [-0.2, 0) is 43.9 Å². The number of thiol groups is 1. The van der Waals surface area contributed by atoms with Gasteiger partial charge in [-0.1, -0.05) is 35.5 Å². The maximum Gasteiger partial charge on any atom is 0.386 e. The van der Waals surface area contributed by atoms with E-state index in [1.54, 1.807) is 12.1 Å². The van der Waals surface area contributed by atoms with Gasteiger partial charge in [0.1, 0.15) is 48.5 Å². The molecule has 0 radical (unpaired) electrons. The third kappa shape index (κ3) is 5.92. The molecule has 0 amide bonds. The van der Waals surface area contributed by atoms with Gasteiger partial charge in [0.25, 0.3) is 0 Å². The summed E-state index contributed by atoms with van der Waals surface area (Å²) in [5, 5.41) is 23.0. The first-order chi connectivity index (χ1) is 21.3. The Morgan fingerprint density at radius 3 is 2.29 bits per heavy atom. The van der Waals surface area contributed by atoms with Gasteiger partial charge >= 0.3 is 13.5 Å². The molecular formula is C22H23Cl2N7O10P2S2. The molecule has 45 heavy (non-hydrogen) atoms. The predicted molar refractivity (Wildman–Crippen MR) is 164 cm³/mol. The van der Waals surface area contributed by atoms with E-state index in [9.17, 15) is 19.7 Å². The van der Waals surface area contributed by atoms with Crippen molar-refractivity contribution in [2.45, 2.75) is 49.1 Å². The third-order valence-corrected chi connectivity index (χ3v) is 11.4. The minimum atomic E-state index is -4.29. The summed E-state index contributed by atoms with van der Waals surface area (Å²) < 4.78 is 51.2. The van der Waals surface area contributed by atoms with E-state index in [4.69, 9.17) is 68.3 Å². The topological polar surface area (TPSA) is 221 Å². The second kappa shape index (κ2) is 11.9. The zero-order valence-electron chi connectivity index (χ0n) is 22.4. The number of ether oxygens (including phenoxy) is 2. The van der Waals surface area contributed by atoms with E-state index in [-0.39, 0.29) is 27.0 Å². The van der Waals surface area contributed by atoms with Gasteiger partial charge in [-0.3, -0.25) is 18.1 Å². The molecule has 3 aromatic heterocycles.